The van der Waals surface area contributed by atoms with Crippen LogP contribution in [-0.4, -0.2) is 37.7 Å². The molecule has 1 N–H and O–H groups in total. The second-order valence-electron chi connectivity index (χ2n) is 5.57. The summed E-state index contributed by atoms with van der Waals surface area (Å²) < 4.78 is 16.2. The van der Waals surface area contributed by atoms with Crippen LogP contribution in [0, 0.1) is 11.3 Å². The maximum atomic E-state index is 11.9. The summed E-state index contributed by atoms with van der Waals surface area (Å²) in [5, 5.41) is 11.4. The molecular formula is C19H16N2O5. The second kappa shape index (κ2) is 8.03. The monoisotopic (exact) mass is 352 g/mol. The highest BCUT2D eigenvalue weighted by Gasteiger charge is 2.21. The summed E-state index contributed by atoms with van der Waals surface area (Å²) in [6, 6.07) is 15.2. The van der Waals surface area contributed by atoms with Crippen LogP contribution in [0.2, 0.25) is 0 Å². The van der Waals surface area contributed by atoms with Crippen molar-refractivity contribution in [3.63, 3.8) is 0 Å². The van der Waals surface area contributed by atoms with Crippen LogP contribution < -0.4 is 14.8 Å². The van der Waals surface area contributed by atoms with Gasteiger partial charge in [-0.25, -0.2) is 4.79 Å². The number of para-hydroxylation sites is 2. The van der Waals surface area contributed by atoms with E-state index in [1.165, 1.54) is 24.3 Å². The van der Waals surface area contributed by atoms with E-state index >= 15 is 0 Å². The molecule has 0 fully saturated rings. The minimum atomic E-state index is -0.629. The zero-order valence-corrected chi connectivity index (χ0v) is 13.8. The van der Waals surface area contributed by atoms with Gasteiger partial charge in [0.15, 0.2) is 18.1 Å². The van der Waals surface area contributed by atoms with Gasteiger partial charge in [0.2, 0.25) is 0 Å². The van der Waals surface area contributed by atoms with E-state index in [2.05, 4.69) is 5.32 Å². The zero-order chi connectivity index (χ0) is 18.4. The van der Waals surface area contributed by atoms with Crippen LogP contribution in [0.5, 0.6) is 11.5 Å². The van der Waals surface area contributed by atoms with E-state index in [4.69, 9.17) is 19.5 Å². The van der Waals surface area contributed by atoms with Crippen molar-refractivity contribution in [3.05, 3.63) is 59.7 Å². The van der Waals surface area contributed by atoms with Gasteiger partial charge in [-0.15, -0.1) is 0 Å². The quantitative estimate of drug-likeness (QED) is 0.822. The summed E-state index contributed by atoms with van der Waals surface area (Å²) in [6.07, 6.45) is -0.317. The standard InChI is InChI=1S/C19H16N2O5/c20-9-13-5-7-14(8-6-13)19(23)25-12-18(22)21-10-15-11-24-16-3-1-2-4-17(16)26-15/h1-8,15H,10-12H2,(H,21,22)/t15-/m0/s1. The molecule has 2 aromatic carbocycles. The minimum absolute atomic E-state index is 0.238. The first-order valence-corrected chi connectivity index (χ1v) is 7.98. The fourth-order valence-corrected chi connectivity index (χ4v) is 2.34. The molecule has 0 unspecified atom stereocenters. The topological polar surface area (TPSA) is 97.7 Å². The lowest BCUT2D eigenvalue weighted by Crippen LogP contribution is -2.42. The number of carbonyl (C=O) groups is 2. The Kier molecular flexibility index (Phi) is 5.34. The predicted octanol–water partition coefficient (Wildman–Crippen LogP) is 1.67. The van der Waals surface area contributed by atoms with Gasteiger partial charge in [-0.05, 0) is 36.4 Å². The average molecular weight is 352 g/mol. The Bertz CT molecular complexity index is 842. The van der Waals surface area contributed by atoms with Gasteiger partial charge in [-0.1, -0.05) is 12.1 Å². The highest BCUT2D eigenvalue weighted by molar-refractivity contribution is 5.91. The van der Waals surface area contributed by atoms with Crippen LogP contribution >= 0.6 is 0 Å². The number of hydrogen-bond acceptors (Lipinski definition) is 6. The van der Waals surface area contributed by atoms with Gasteiger partial charge in [0.25, 0.3) is 5.91 Å². The third-order valence-electron chi connectivity index (χ3n) is 3.68. The van der Waals surface area contributed by atoms with Crippen molar-refractivity contribution < 1.29 is 23.8 Å². The van der Waals surface area contributed by atoms with Crippen molar-refractivity contribution in [2.45, 2.75) is 6.10 Å². The number of nitrogens with one attached hydrogen (secondary N) is 1. The Hall–Kier alpha value is -3.53. The Morgan fingerprint density at radius 1 is 1.15 bits per heavy atom. The van der Waals surface area contributed by atoms with E-state index < -0.39 is 18.5 Å². The molecule has 7 heteroatoms. The minimum Gasteiger partial charge on any atom is -0.486 e. The molecule has 0 spiro atoms. The molecule has 0 aliphatic carbocycles. The predicted molar refractivity (Wildman–Crippen MR) is 90.8 cm³/mol. The molecule has 1 heterocycles. The first-order chi connectivity index (χ1) is 12.7. The summed E-state index contributed by atoms with van der Waals surface area (Å²) in [4.78, 5) is 23.7. The van der Waals surface area contributed by atoms with Gasteiger partial charge >= 0.3 is 5.97 Å². The number of hydrogen-bond donors (Lipinski definition) is 1. The molecule has 0 saturated carbocycles. The largest absolute Gasteiger partial charge is 0.486 e. The molecule has 3 rings (SSSR count). The molecule has 7 nitrogen and oxygen atoms in total. The number of esters is 1. The van der Waals surface area contributed by atoms with Crippen molar-refractivity contribution in [2.75, 3.05) is 19.8 Å². The third kappa shape index (κ3) is 4.30. The van der Waals surface area contributed by atoms with Crippen LogP contribution in [0.25, 0.3) is 0 Å². The van der Waals surface area contributed by atoms with E-state index in [9.17, 15) is 9.59 Å². The van der Waals surface area contributed by atoms with Gasteiger partial charge < -0.3 is 19.5 Å². The Balaban J connectivity index is 1.42. The number of carbonyl (C=O) groups excluding carboxylic acids is 2. The molecule has 0 radical (unpaired) electrons. The molecule has 1 amide bonds. The van der Waals surface area contributed by atoms with Crippen molar-refractivity contribution in [1.29, 1.82) is 5.26 Å². The van der Waals surface area contributed by atoms with Gasteiger partial charge in [-0.2, -0.15) is 5.26 Å². The Morgan fingerprint density at radius 2 is 1.88 bits per heavy atom. The van der Waals surface area contributed by atoms with Crippen molar-refractivity contribution in [3.8, 4) is 17.6 Å². The SMILES string of the molecule is N#Cc1ccc(C(=O)OCC(=O)NC[C@H]2COc3ccccc3O2)cc1. The van der Waals surface area contributed by atoms with Crippen molar-refractivity contribution in [1.82, 2.24) is 5.32 Å². The van der Waals surface area contributed by atoms with E-state index in [0.717, 1.165) is 0 Å². The summed E-state index contributed by atoms with van der Waals surface area (Å²) in [6.45, 7) is 0.160. The van der Waals surface area contributed by atoms with Gasteiger partial charge in [0, 0.05) is 0 Å². The number of ether oxygens (including phenoxy) is 3. The number of benzene rings is 2. The van der Waals surface area contributed by atoms with E-state index in [1.807, 2.05) is 24.3 Å². The molecule has 26 heavy (non-hydrogen) atoms. The molecule has 0 aromatic heterocycles. The fraction of sp³-hybridized carbons (Fsp3) is 0.211. The lowest BCUT2D eigenvalue weighted by atomic mass is 10.1. The first-order valence-electron chi connectivity index (χ1n) is 7.98. The number of nitrogens with zero attached hydrogens (tertiary/aromatic N) is 1. The smallest absolute Gasteiger partial charge is 0.338 e. The van der Waals surface area contributed by atoms with E-state index in [-0.39, 0.29) is 18.2 Å². The van der Waals surface area contributed by atoms with Crippen molar-refractivity contribution >= 4 is 11.9 Å². The van der Waals surface area contributed by atoms with Crippen LogP contribution in [0.4, 0.5) is 0 Å². The second-order valence-corrected chi connectivity index (χ2v) is 5.57. The lowest BCUT2D eigenvalue weighted by molar-refractivity contribution is -0.124. The normalized spacial score (nSPS) is 14.8. The Labute approximate surface area is 150 Å². The average Bonchev–Trinajstić information content (AvgIpc) is 2.70. The summed E-state index contributed by atoms with van der Waals surface area (Å²) in [5.41, 5.74) is 0.716. The zero-order valence-electron chi connectivity index (χ0n) is 13.8. The van der Waals surface area contributed by atoms with Crippen LogP contribution in [0.15, 0.2) is 48.5 Å². The molecule has 0 saturated heterocycles. The summed E-state index contributed by atoms with van der Waals surface area (Å²) in [7, 11) is 0. The van der Waals surface area contributed by atoms with Gasteiger partial charge in [0.05, 0.1) is 23.7 Å². The number of fused-ring (bicyclic) bond motifs is 1. The molecule has 1 aliphatic rings. The molecule has 132 valence electrons. The number of nitriles is 1. The van der Waals surface area contributed by atoms with E-state index in [1.54, 1.807) is 6.07 Å². The lowest BCUT2D eigenvalue weighted by Gasteiger charge is -2.26. The summed E-state index contributed by atoms with van der Waals surface area (Å²) in [5.74, 6) is 0.238. The van der Waals surface area contributed by atoms with E-state index in [0.29, 0.717) is 23.7 Å². The van der Waals surface area contributed by atoms with Crippen molar-refractivity contribution in [2.24, 2.45) is 0 Å². The van der Waals surface area contributed by atoms with Crippen LogP contribution in [0.1, 0.15) is 15.9 Å². The maximum absolute atomic E-state index is 11.9. The molecular weight excluding hydrogens is 336 g/mol. The fourth-order valence-electron chi connectivity index (χ4n) is 2.34. The molecule has 2 aromatic rings. The highest BCUT2D eigenvalue weighted by atomic mass is 16.6. The van der Waals surface area contributed by atoms with Crippen LogP contribution in [0.3, 0.4) is 0 Å². The van der Waals surface area contributed by atoms with Crippen LogP contribution in [-0.2, 0) is 9.53 Å². The molecule has 0 bridgehead atoms. The van der Waals surface area contributed by atoms with Gasteiger partial charge in [0.1, 0.15) is 12.7 Å². The van der Waals surface area contributed by atoms with Gasteiger partial charge in [-0.3, -0.25) is 4.79 Å². The first kappa shape index (κ1) is 17.3. The Morgan fingerprint density at radius 3 is 2.62 bits per heavy atom. The molecule has 1 atom stereocenters. The number of amides is 1. The molecule has 1 aliphatic heterocycles. The third-order valence-corrected chi connectivity index (χ3v) is 3.68. The number of rotatable bonds is 5. The maximum Gasteiger partial charge on any atom is 0.338 e. The summed E-state index contributed by atoms with van der Waals surface area (Å²) >= 11 is 0. The highest BCUT2D eigenvalue weighted by Crippen LogP contribution is 2.30.